The number of nitrogens with zero attached hydrogens (tertiary/aromatic N) is 2. The minimum atomic E-state index is 0.605. The van der Waals surface area contributed by atoms with Crippen molar-refractivity contribution in [2.75, 3.05) is 47.1 Å². The average Bonchev–Trinajstić information content (AvgIpc) is 2.70. The molecule has 0 bridgehead atoms. The lowest BCUT2D eigenvalue weighted by Gasteiger charge is -2.26. The fourth-order valence-corrected chi connectivity index (χ4v) is 3.24. The smallest absolute Gasteiger partial charge is 0.193 e. The molecule has 0 radical (unpaired) electrons. The van der Waals surface area contributed by atoms with Gasteiger partial charge in [0, 0.05) is 33.4 Å². The van der Waals surface area contributed by atoms with E-state index in [0.29, 0.717) is 13.2 Å². The molecule has 2 rings (SSSR count). The zero-order valence-electron chi connectivity index (χ0n) is 17.3. The van der Waals surface area contributed by atoms with Crippen molar-refractivity contribution in [1.29, 1.82) is 0 Å². The van der Waals surface area contributed by atoms with Gasteiger partial charge in [0.25, 0.3) is 0 Å². The predicted molar refractivity (Wildman–Crippen MR) is 110 cm³/mol. The lowest BCUT2D eigenvalue weighted by Crippen LogP contribution is -2.40. The van der Waals surface area contributed by atoms with E-state index in [9.17, 15) is 0 Å². The third kappa shape index (κ3) is 6.94. The van der Waals surface area contributed by atoms with Gasteiger partial charge >= 0.3 is 0 Å². The summed E-state index contributed by atoms with van der Waals surface area (Å²) in [5.74, 6) is 3.23. The molecule has 1 N–H and O–H groups in total. The van der Waals surface area contributed by atoms with Gasteiger partial charge in [-0.2, -0.15) is 0 Å². The molecule has 6 heteroatoms. The number of hydrogen-bond acceptors (Lipinski definition) is 4. The van der Waals surface area contributed by atoms with Crippen LogP contribution in [0.5, 0.6) is 11.5 Å². The Morgan fingerprint density at radius 3 is 2.70 bits per heavy atom. The van der Waals surface area contributed by atoms with Gasteiger partial charge in [0.2, 0.25) is 0 Å². The van der Waals surface area contributed by atoms with Gasteiger partial charge in [-0.15, -0.1) is 0 Å². The summed E-state index contributed by atoms with van der Waals surface area (Å²) in [7, 11) is 3.77. The number of benzene rings is 1. The lowest BCUT2D eigenvalue weighted by atomic mass is 9.96. The molecule has 6 nitrogen and oxygen atoms in total. The minimum absolute atomic E-state index is 0.605. The van der Waals surface area contributed by atoms with Crippen LogP contribution < -0.4 is 14.8 Å². The van der Waals surface area contributed by atoms with E-state index in [0.717, 1.165) is 55.2 Å². The summed E-state index contributed by atoms with van der Waals surface area (Å²) < 4.78 is 16.5. The summed E-state index contributed by atoms with van der Waals surface area (Å²) in [6.45, 7) is 8.96. The Bertz CT molecular complexity index is 586. The van der Waals surface area contributed by atoms with E-state index in [1.54, 1.807) is 7.11 Å². The van der Waals surface area contributed by atoms with E-state index in [1.807, 2.05) is 25.1 Å². The topological polar surface area (TPSA) is 55.3 Å². The van der Waals surface area contributed by atoms with Crippen molar-refractivity contribution >= 4 is 5.96 Å². The molecule has 27 heavy (non-hydrogen) atoms. The number of rotatable bonds is 9. The first-order valence-electron chi connectivity index (χ1n) is 10.0. The maximum Gasteiger partial charge on any atom is 0.193 e. The van der Waals surface area contributed by atoms with Crippen LogP contribution in [0.4, 0.5) is 0 Å². The summed E-state index contributed by atoms with van der Waals surface area (Å²) in [6, 6.07) is 5.99. The van der Waals surface area contributed by atoms with Crippen LogP contribution >= 0.6 is 0 Å². The SMILES string of the molecule is CCNC(=NCc1ccc(OC)c(OCC)c1)N(C)CCC1CCOCC1. The largest absolute Gasteiger partial charge is 0.493 e. The van der Waals surface area contributed by atoms with Crippen molar-refractivity contribution in [3.05, 3.63) is 23.8 Å². The first-order chi connectivity index (χ1) is 13.2. The van der Waals surface area contributed by atoms with Gasteiger partial charge in [0.15, 0.2) is 17.5 Å². The van der Waals surface area contributed by atoms with Gasteiger partial charge < -0.3 is 24.4 Å². The van der Waals surface area contributed by atoms with Crippen LogP contribution in [0.15, 0.2) is 23.2 Å². The van der Waals surface area contributed by atoms with Gasteiger partial charge in [-0.1, -0.05) is 6.07 Å². The van der Waals surface area contributed by atoms with Gasteiger partial charge in [0.05, 0.1) is 20.3 Å². The molecule has 0 amide bonds. The van der Waals surface area contributed by atoms with Gasteiger partial charge in [-0.3, -0.25) is 0 Å². The lowest BCUT2D eigenvalue weighted by molar-refractivity contribution is 0.0625. The van der Waals surface area contributed by atoms with E-state index in [2.05, 4.69) is 24.2 Å². The second kappa shape index (κ2) is 11.7. The molecule has 0 unspecified atom stereocenters. The number of hydrogen-bond donors (Lipinski definition) is 1. The minimum Gasteiger partial charge on any atom is -0.493 e. The zero-order valence-corrected chi connectivity index (χ0v) is 17.3. The molecule has 0 aromatic heterocycles. The van der Waals surface area contributed by atoms with Crippen molar-refractivity contribution < 1.29 is 14.2 Å². The fourth-order valence-electron chi connectivity index (χ4n) is 3.24. The molecule has 1 aromatic carbocycles. The van der Waals surface area contributed by atoms with Gasteiger partial charge in [-0.05, 0) is 56.7 Å². The van der Waals surface area contributed by atoms with Crippen molar-refractivity contribution in [3.8, 4) is 11.5 Å². The normalized spacial score (nSPS) is 15.5. The molecule has 152 valence electrons. The molecule has 1 aliphatic heterocycles. The molecule has 1 aliphatic rings. The molecule has 1 heterocycles. The Labute approximate surface area is 163 Å². The number of methoxy groups -OCH3 is 1. The highest BCUT2D eigenvalue weighted by atomic mass is 16.5. The van der Waals surface area contributed by atoms with Crippen LogP contribution in [-0.2, 0) is 11.3 Å². The van der Waals surface area contributed by atoms with E-state index < -0.39 is 0 Å². The second-order valence-electron chi connectivity index (χ2n) is 6.85. The first-order valence-corrected chi connectivity index (χ1v) is 10.0. The molecule has 1 fully saturated rings. The molecule has 0 atom stereocenters. The van der Waals surface area contributed by atoms with Crippen molar-refractivity contribution in [3.63, 3.8) is 0 Å². The Kier molecular flexibility index (Phi) is 9.25. The summed E-state index contributed by atoms with van der Waals surface area (Å²) in [5, 5.41) is 3.40. The number of guanidine groups is 1. The summed E-state index contributed by atoms with van der Waals surface area (Å²) >= 11 is 0. The van der Waals surface area contributed by atoms with Crippen LogP contribution in [0.25, 0.3) is 0 Å². The monoisotopic (exact) mass is 377 g/mol. The average molecular weight is 378 g/mol. The standard InChI is InChI=1S/C21H35N3O3/c1-5-22-21(24(3)12-9-17-10-13-26-14-11-17)23-16-18-7-8-19(25-4)20(15-18)27-6-2/h7-8,15,17H,5-6,9-14,16H2,1-4H3,(H,22,23). The summed E-state index contributed by atoms with van der Waals surface area (Å²) in [4.78, 5) is 7.04. The van der Waals surface area contributed by atoms with Gasteiger partial charge in [-0.25, -0.2) is 4.99 Å². The summed E-state index contributed by atoms with van der Waals surface area (Å²) in [6.07, 6.45) is 3.53. The maximum atomic E-state index is 5.67. The highest BCUT2D eigenvalue weighted by Gasteiger charge is 2.15. The van der Waals surface area contributed by atoms with Crippen LogP contribution in [0.2, 0.25) is 0 Å². The van der Waals surface area contributed by atoms with Crippen LogP contribution in [-0.4, -0.2) is 57.9 Å². The molecule has 0 saturated carbocycles. The molecule has 0 aliphatic carbocycles. The number of nitrogens with one attached hydrogen (secondary N) is 1. The quantitative estimate of drug-likeness (QED) is 0.529. The van der Waals surface area contributed by atoms with Gasteiger partial charge in [0.1, 0.15) is 0 Å². The van der Waals surface area contributed by atoms with Crippen molar-refractivity contribution in [2.24, 2.45) is 10.9 Å². The van der Waals surface area contributed by atoms with Crippen LogP contribution in [0.3, 0.4) is 0 Å². The third-order valence-corrected chi connectivity index (χ3v) is 4.85. The second-order valence-corrected chi connectivity index (χ2v) is 6.85. The van der Waals surface area contributed by atoms with E-state index in [-0.39, 0.29) is 0 Å². The highest BCUT2D eigenvalue weighted by Crippen LogP contribution is 2.28. The fraction of sp³-hybridized carbons (Fsp3) is 0.667. The Hall–Kier alpha value is -1.95. The molecule has 0 spiro atoms. The van der Waals surface area contributed by atoms with Crippen molar-refractivity contribution in [1.82, 2.24) is 10.2 Å². The van der Waals surface area contributed by atoms with Crippen LogP contribution in [0.1, 0.15) is 38.7 Å². The Morgan fingerprint density at radius 1 is 1.26 bits per heavy atom. The molecular formula is C21H35N3O3. The third-order valence-electron chi connectivity index (χ3n) is 4.85. The van der Waals surface area contributed by atoms with Crippen molar-refractivity contribution in [2.45, 2.75) is 39.7 Å². The zero-order chi connectivity index (χ0) is 19.5. The Morgan fingerprint density at radius 2 is 2.04 bits per heavy atom. The molecule has 1 saturated heterocycles. The van der Waals surface area contributed by atoms with E-state index in [4.69, 9.17) is 19.2 Å². The summed E-state index contributed by atoms with van der Waals surface area (Å²) in [5.41, 5.74) is 1.10. The Balaban J connectivity index is 1.97. The van der Waals surface area contributed by atoms with E-state index >= 15 is 0 Å². The number of aliphatic imine (C=N–C) groups is 1. The van der Waals surface area contributed by atoms with E-state index in [1.165, 1.54) is 19.3 Å². The highest BCUT2D eigenvalue weighted by molar-refractivity contribution is 5.79. The molecule has 1 aromatic rings. The molecular weight excluding hydrogens is 342 g/mol. The van der Waals surface area contributed by atoms with Crippen LogP contribution in [0, 0.1) is 5.92 Å². The number of ether oxygens (including phenoxy) is 3. The predicted octanol–water partition coefficient (Wildman–Crippen LogP) is 3.31. The maximum absolute atomic E-state index is 5.67. The first kappa shape index (κ1) is 21.4.